The number of hydrogen-bond donors (Lipinski definition) is 0. The van der Waals surface area contributed by atoms with E-state index >= 15 is 0 Å². The van der Waals surface area contributed by atoms with Crippen LogP contribution in [-0.4, -0.2) is 5.54 Å². The largest absolute Gasteiger partial charge is 0.332 e. The van der Waals surface area contributed by atoms with Crippen LogP contribution in [0.1, 0.15) is 41.2 Å². The number of anilines is 5. The van der Waals surface area contributed by atoms with Gasteiger partial charge in [-0.05, 0) is 163 Å². The van der Waals surface area contributed by atoms with Gasteiger partial charge < -0.3 is 9.80 Å². The lowest BCUT2D eigenvalue weighted by Crippen LogP contribution is -2.42. The molecule has 12 aromatic carbocycles. The zero-order chi connectivity index (χ0) is 55.1. The Labute approximate surface area is 489 Å². The van der Waals surface area contributed by atoms with Crippen molar-refractivity contribution in [3.8, 4) is 55.6 Å². The Bertz CT molecular complexity index is 4550. The number of nitrogens with zero attached hydrogens (tertiary/aromatic N) is 2. The maximum Gasteiger partial charge on any atom is 0.0727 e. The summed E-state index contributed by atoms with van der Waals surface area (Å²) in [5.41, 5.74) is 24.6. The Morgan fingerprint density at radius 1 is 0.373 bits per heavy atom. The van der Waals surface area contributed by atoms with E-state index in [1.54, 1.807) is 0 Å². The molecule has 0 aliphatic heterocycles. The highest BCUT2D eigenvalue weighted by atomic mass is 32.1. The Morgan fingerprint density at radius 2 is 0.831 bits per heavy atom. The second-order valence-corrected chi connectivity index (χ2v) is 23.6. The molecule has 3 aliphatic carbocycles. The van der Waals surface area contributed by atoms with Crippen LogP contribution in [0.2, 0.25) is 0 Å². The molecule has 2 nitrogen and oxygen atoms in total. The van der Waals surface area contributed by atoms with Crippen LogP contribution in [0.4, 0.5) is 28.4 Å². The van der Waals surface area contributed by atoms with Crippen molar-refractivity contribution in [2.24, 2.45) is 0 Å². The second-order valence-electron chi connectivity index (χ2n) is 22.5. The smallest absolute Gasteiger partial charge is 0.0727 e. The van der Waals surface area contributed by atoms with E-state index in [4.69, 9.17) is 0 Å². The number of hydrogen-bond acceptors (Lipinski definition) is 3. The minimum atomic E-state index is -0.674. The van der Waals surface area contributed by atoms with Crippen LogP contribution in [0.25, 0.3) is 81.4 Å². The quantitative estimate of drug-likeness (QED) is 0.135. The molecule has 1 unspecified atom stereocenters. The van der Waals surface area contributed by atoms with Gasteiger partial charge in [-0.1, -0.05) is 249 Å². The van der Waals surface area contributed by atoms with Crippen LogP contribution >= 0.6 is 11.3 Å². The standard InChI is InChI=1S/C80H56N2S/c1-79(50-48-61(49-51-79)57-26-12-5-13-27-57)82(64-44-38-60(39-45-64)56-24-10-4-11-25-56)65-46-47-68-72(52-65)80(70-31-17-14-28-66(70)67-29-15-18-32-71(67)80)73-53-74(78-77(76(68)73)69-30-16-19-33-75(69)83-78)81(62-40-34-58(35-41-62)54-20-6-2-7-21-54)63-42-36-59(37-43-63)55-22-8-3-9-23-55/h2-50,52-53H,51H2,1H3. The molecular formula is C80H56N2S. The van der Waals surface area contributed by atoms with E-state index in [1.807, 2.05) is 11.3 Å². The molecule has 1 aromatic heterocycles. The van der Waals surface area contributed by atoms with E-state index in [9.17, 15) is 0 Å². The Hall–Kier alpha value is -10.1. The van der Waals surface area contributed by atoms with Crippen molar-refractivity contribution in [2.75, 3.05) is 9.80 Å². The summed E-state index contributed by atoms with van der Waals surface area (Å²) in [6.07, 6.45) is 8.04. The Balaban J connectivity index is 0.957. The van der Waals surface area contributed by atoms with Crippen LogP contribution in [-0.2, 0) is 5.41 Å². The maximum atomic E-state index is 2.61. The molecular weight excluding hydrogens is 1020 g/mol. The highest BCUT2D eigenvalue weighted by Gasteiger charge is 2.53. The molecule has 0 saturated heterocycles. The number of benzene rings is 12. The molecule has 3 heteroatoms. The van der Waals surface area contributed by atoms with Crippen molar-refractivity contribution in [3.63, 3.8) is 0 Å². The van der Waals surface area contributed by atoms with Gasteiger partial charge in [-0.15, -0.1) is 11.3 Å². The van der Waals surface area contributed by atoms with Gasteiger partial charge >= 0.3 is 0 Å². The van der Waals surface area contributed by atoms with E-state index in [1.165, 1.54) is 109 Å². The number of thiophene rings is 1. The van der Waals surface area contributed by atoms with Crippen molar-refractivity contribution >= 4 is 65.5 Å². The van der Waals surface area contributed by atoms with Crippen LogP contribution in [0.3, 0.4) is 0 Å². The van der Waals surface area contributed by atoms with E-state index in [2.05, 4.69) is 326 Å². The Kier molecular flexibility index (Phi) is 11.5. The number of allylic oxidation sites excluding steroid dienone is 2. The van der Waals surface area contributed by atoms with Crippen LogP contribution in [0, 0.1) is 0 Å². The fourth-order valence-electron chi connectivity index (χ4n) is 14.0. The zero-order valence-electron chi connectivity index (χ0n) is 46.0. The summed E-state index contributed by atoms with van der Waals surface area (Å²) < 4.78 is 2.53. The number of rotatable bonds is 10. The first-order chi connectivity index (χ1) is 41.0. The van der Waals surface area contributed by atoms with Gasteiger partial charge in [0.25, 0.3) is 0 Å². The van der Waals surface area contributed by atoms with Crippen molar-refractivity contribution in [2.45, 2.75) is 24.3 Å². The topological polar surface area (TPSA) is 6.48 Å². The SMILES string of the molecule is CC1(N(c2ccc(-c3ccccc3)cc2)c2ccc3c(c2)C2(c4ccccc4-c4ccccc42)c2cc(N(c4ccc(-c5ccccc5)cc4)c4ccc(-c5ccccc5)cc4)c4sc5ccccc5c4c2-3)C=CC(c2ccccc2)=CC1. The summed E-state index contributed by atoms with van der Waals surface area (Å²) in [5.74, 6) is 0. The predicted molar refractivity (Wildman–Crippen MR) is 352 cm³/mol. The third kappa shape index (κ3) is 7.83. The van der Waals surface area contributed by atoms with Gasteiger partial charge in [0.2, 0.25) is 0 Å². The molecule has 0 radical (unpaired) electrons. The summed E-state index contributed by atoms with van der Waals surface area (Å²) in [5, 5.41) is 2.57. The van der Waals surface area contributed by atoms with Crippen molar-refractivity contribution in [3.05, 3.63) is 337 Å². The third-order valence-corrected chi connectivity index (χ3v) is 19.0. The van der Waals surface area contributed by atoms with E-state index in [0.29, 0.717) is 0 Å². The average Bonchev–Trinajstić information content (AvgIpc) is 1.54. The molecule has 0 fully saturated rings. The van der Waals surface area contributed by atoms with Crippen molar-refractivity contribution < 1.29 is 0 Å². The van der Waals surface area contributed by atoms with Gasteiger partial charge in [0.15, 0.2) is 0 Å². The molecule has 1 atom stereocenters. The molecule has 3 aliphatic rings. The van der Waals surface area contributed by atoms with E-state index in [-0.39, 0.29) is 0 Å². The normalized spacial score (nSPS) is 15.2. The lowest BCUT2D eigenvalue weighted by atomic mass is 9.70. The zero-order valence-corrected chi connectivity index (χ0v) is 46.8. The first-order valence-electron chi connectivity index (χ1n) is 28.9. The van der Waals surface area contributed by atoms with Crippen LogP contribution in [0.15, 0.2) is 309 Å². The summed E-state index contributed by atoms with van der Waals surface area (Å²) in [4.78, 5) is 5.14. The first-order valence-corrected chi connectivity index (χ1v) is 29.7. The highest BCUT2D eigenvalue weighted by molar-refractivity contribution is 7.26. The van der Waals surface area contributed by atoms with Crippen LogP contribution in [0.5, 0.6) is 0 Å². The first kappa shape index (κ1) is 48.8. The van der Waals surface area contributed by atoms with Gasteiger partial charge in [0, 0.05) is 38.2 Å². The fraction of sp³-hybridized carbons (Fsp3) is 0.0500. The molecule has 1 heterocycles. The molecule has 392 valence electrons. The Morgan fingerprint density at radius 3 is 1.36 bits per heavy atom. The second kappa shape index (κ2) is 19.6. The molecule has 13 aromatic rings. The lowest BCUT2D eigenvalue weighted by Gasteiger charge is -2.43. The molecule has 83 heavy (non-hydrogen) atoms. The highest BCUT2D eigenvalue weighted by Crippen LogP contribution is 2.66. The molecule has 0 amide bonds. The maximum absolute atomic E-state index is 2.61. The molecule has 16 rings (SSSR count). The van der Waals surface area contributed by atoms with E-state index < -0.39 is 11.0 Å². The number of fused-ring (bicyclic) bond motifs is 14. The van der Waals surface area contributed by atoms with Crippen LogP contribution < -0.4 is 9.80 Å². The fourth-order valence-corrected chi connectivity index (χ4v) is 15.2. The van der Waals surface area contributed by atoms with Gasteiger partial charge in [-0.2, -0.15) is 0 Å². The lowest BCUT2D eigenvalue weighted by molar-refractivity contribution is 0.571. The predicted octanol–water partition coefficient (Wildman–Crippen LogP) is 21.8. The summed E-state index contributed by atoms with van der Waals surface area (Å²) in [6.45, 7) is 2.41. The summed E-state index contributed by atoms with van der Waals surface area (Å²) >= 11 is 1.91. The molecule has 1 spiro atoms. The molecule has 0 N–H and O–H groups in total. The minimum absolute atomic E-state index is 0.415. The van der Waals surface area contributed by atoms with Gasteiger partial charge in [0.05, 0.1) is 21.3 Å². The third-order valence-electron chi connectivity index (χ3n) is 17.8. The minimum Gasteiger partial charge on any atom is -0.332 e. The summed E-state index contributed by atoms with van der Waals surface area (Å²) in [6, 6.07) is 108. The molecule has 0 saturated carbocycles. The summed E-state index contributed by atoms with van der Waals surface area (Å²) in [7, 11) is 0. The van der Waals surface area contributed by atoms with Crippen molar-refractivity contribution in [1.82, 2.24) is 0 Å². The van der Waals surface area contributed by atoms with Gasteiger partial charge in [-0.25, -0.2) is 0 Å². The monoisotopic (exact) mass is 1080 g/mol. The van der Waals surface area contributed by atoms with Crippen molar-refractivity contribution in [1.29, 1.82) is 0 Å². The van der Waals surface area contributed by atoms with E-state index in [0.717, 1.165) is 34.9 Å². The average molecular weight is 1080 g/mol. The molecule has 0 bridgehead atoms. The van der Waals surface area contributed by atoms with Gasteiger partial charge in [-0.3, -0.25) is 0 Å². The van der Waals surface area contributed by atoms with Gasteiger partial charge in [0.1, 0.15) is 0 Å².